The third kappa shape index (κ3) is 7.41. The van der Waals surface area contributed by atoms with Gasteiger partial charge in [-0.15, -0.1) is 10.2 Å². The highest BCUT2D eigenvalue weighted by atomic mass is 16.6. The van der Waals surface area contributed by atoms with E-state index in [1.54, 1.807) is 18.2 Å². The molecular formula is C28H35N5O3. The molecule has 8 nitrogen and oxygen atoms in total. The van der Waals surface area contributed by atoms with Crippen LogP contribution < -0.4 is 14.8 Å². The molecule has 1 aliphatic rings. The van der Waals surface area contributed by atoms with E-state index in [2.05, 4.69) is 57.1 Å². The summed E-state index contributed by atoms with van der Waals surface area (Å²) in [6.07, 6.45) is 14.6. The monoisotopic (exact) mass is 489 g/mol. The number of unbranched alkanes of at least 4 members (excludes halogenated alkanes) is 7. The Hall–Kier alpha value is -3.68. The first-order valence-corrected chi connectivity index (χ1v) is 13.0. The Labute approximate surface area is 212 Å². The van der Waals surface area contributed by atoms with Crippen LogP contribution in [-0.2, 0) is 11.2 Å². The van der Waals surface area contributed by atoms with Gasteiger partial charge in [0.2, 0.25) is 11.7 Å². The number of aromatic amines is 1. The van der Waals surface area contributed by atoms with Crippen molar-refractivity contribution in [1.82, 2.24) is 20.6 Å². The number of rotatable bonds is 13. The number of aryl methyl sites for hydroxylation is 1. The lowest BCUT2D eigenvalue weighted by atomic mass is 10.0. The molecule has 8 heteroatoms. The van der Waals surface area contributed by atoms with Crippen molar-refractivity contribution in [3.63, 3.8) is 0 Å². The normalized spacial score (nSPS) is 14.8. The first kappa shape index (κ1) is 25.4. The molecule has 2 N–H and O–H groups in total. The van der Waals surface area contributed by atoms with Crippen molar-refractivity contribution in [3.05, 3.63) is 65.5 Å². The van der Waals surface area contributed by atoms with Crippen LogP contribution in [0.25, 0.3) is 6.08 Å². The van der Waals surface area contributed by atoms with Gasteiger partial charge in [0.25, 0.3) is 0 Å². The Balaban J connectivity index is 1.24. The van der Waals surface area contributed by atoms with Crippen LogP contribution in [0.15, 0.2) is 48.5 Å². The fourth-order valence-corrected chi connectivity index (χ4v) is 4.23. The second-order valence-electron chi connectivity index (χ2n) is 9.11. The fourth-order valence-electron chi connectivity index (χ4n) is 4.23. The Morgan fingerprint density at radius 3 is 2.58 bits per heavy atom. The highest BCUT2D eigenvalue weighted by Crippen LogP contribution is 2.41. The summed E-state index contributed by atoms with van der Waals surface area (Å²) in [5.41, 5.74) is 2.85. The van der Waals surface area contributed by atoms with Crippen LogP contribution in [0.5, 0.6) is 11.5 Å². The van der Waals surface area contributed by atoms with Crippen molar-refractivity contribution in [2.45, 2.75) is 70.8 Å². The summed E-state index contributed by atoms with van der Waals surface area (Å²) < 4.78 is 11.8. The number of anilines is 1. The third-order valence-corrected chi connectivity index (χ3v) is 6.26. The zero-order valence-corrected chi connectivity index (χ0v) is 20.9. The number of benzene rings is 2. The van der Waals surface area contributed by atoms with Crippen molar-refractivity contribution >= 4 is 17.7 Å². The number of carbonyl (C=O) groups is 1. The summed E-state index contributed by atoms with van der Waals surface area (Å²) in [6, 6.07) is 13.8. The number of ether oxygens (including phenoxy) is 2. The minimum absolute atomic E-state index is 0.253. The van der Waals surface area contributed by atoms with Gasteiger partial charge < -0.3 is 14.8 Å². The first-order chi connectivity index (χ1) is 17.7. The van der Waals surface area contributed by atoms with Gasteiger partial charge in [0.1, 0.15) is 6.61 Å². The Morgan fingerprint density at radius 2 is 1.83 bits per heavy atom. The van der Waals surface area contributed by atoms with Crippen molar-refractivity contribution in [2.75, 3.05) is 11.9 Å². The lowest BCUT2D eigenvalue weighted by Crippen LogP contribution is -2.24. The van der Waals surface area contributed by atoms with Crippen LogP contribution in [-0.4, -0.2) is 33.1 Å². The smallest absolute Gasteiger partial charge is 0.248 e. The zero-order chi connectivity index (χ0) is 25.0. The molecule has 1 aliphatic heterocycles. The maximum atomic E-state index is 12.6. The van der Waals surface area contributed by atoms with Crippen LogP contribution in [0.1, 0.15) is 81.3 Å². The van der Waals surface area contributed by atoms with Gasteiger partial charge in [-0.2, -0.15) is 5.21 Å². The van der Waals surface area contributed by atoms with E-state index in [0.29, 0.717) is 23.0 Å². The molecule has 4 rings (SSSR count). The number of tetrazole rings is 1. The molecular weight excluding hydrogens is 454 g/mol. The highest BCUT2D eigenvalue weighted by molar-refractivity contribution is 6.03. The predicted octanol–water partition coefficient (Wildman–Crippen LogP) is 6.05. The van der Waals surface area contributed by atoms with E-state index in [0.717, 1.165) is 12.0 Å². The Bertz CT molecular complexity index is 1110. The standard InChI is InChI=1S/C28H35N5O3/c1-2-3-4-5-6-7-8-9-11-21-14-16-22(17-15-21)18-19-26(34)29-23-12-10-13-24-27(23)36-25(20-35-24)28-30-32-33-31-28/h10,12-19,25H,2-9,11,20H2,1H3,(H,29,34)(H,30,31,32,33)/b19-18+. The lowest BCUT2D eigenvalue weighted by Gasteiger charge is -2.26. The zero-order valence-electron chi connectivity index (χ0n) is 20.9. The summed E-state index contributed by atoms with van der Waals surface area (Å²) in [7, 11) is 0. The van der Waals surface area contributed by atoms with E-state index in [-0.39, 0.29) is 12.5 Å². The molecule has 0 fully saturated rings. The predicted molar refractivity (Wildman–Crippen MR) is 140 cm³/mol. The fraction of sp³-hybridized carbons (Fsp3) is 0.429. The molecule has 36 heavy (non-hydrogen) atoms. The Morgan fingerprint density at radius 1 is 1.06 bits per heavy atom. The number of carbonyl (C=O) groups excluding carboxylic acids is 1. The highest BCUT2D eigenvalue weighted by Gasteiger charge is 2.28. The minimum atomic E-state index is -0.505. The van der Waals surface area contributed by atoms with Crippen molar-refractivity contribution in [1.29, 1.82) is 0 Å². The average molecular weight is 490 g/mol. The van der Waals surface area contributed by atoms with E-state index in [9.17, 15) is 4.79 Å². The number of aromatic nitrogens is 4. The van der Waals surface area contributed by atoms with Crippen LogP contribution in [0.3, 0.4) is 0 Å². The SMILES string of the molecule is CCCCCCCCCCc1ccc(/C=C/C(=O)Nc2cccc3c2OC(c2nn[nH]n2)CO3)cc1. The van der Waals surface area contributed by atoms with Crippen LogP contribution in [0.2, 0.25) is 0 Å². The van der Waals surface area contributed by atoms with Crippen molar-refractivity contribution in [3.8, 4) is 11.5 Å². The molecule has 2 heterocycles. The van der Waals surface area contributed by atoms with E-state index in [1.165, 1.54) is 63.0 Å². The summed E-state index contributed by atoms with van der Waals surface area (Å²) in [4.78, 5) is 12.6. The number of hydrogen-bond acceptors (Lipinski definition) is 6. The molecule has 0 radical (unpaired) electrons. The maximum Gasteiger partial charge on any atom is 0.248 e. The molecule has 1 atom stereocenters. The van der Waals surface area contributed by atoms with Crippen LogP contribution in [0, 0.1) is 0 Å². The molecule has 0 bridgehead atoms. The number of amides is 1. The van der Waals surface area contributed by atoms with Gasteiger partial charge in [0, 0.05) is 6.08 Å². The van der Waals surface area contributed by atoms with Gasteiger partial charge in [-0.1, -0.05) is 87.4 Å². The van der Waals surface area contributed by atoms with Crippen molar-refractivity contribution in [2.24, 2.45) is 0 Å². The number of para-hydroxylation sites is 1. The average Bonchev–Trinajstić information content (AvgIpc) is 3.45. The molecule has 3 aromatic rings. The topological polar surface area (TPSA) is 102 Å². The number of hydrogen-bond donors (Lipinski definition) is 2. The molecule has 2 aromatic carbocycles. The van der Waals surface area contributed by atoms with Gasteiger partial charge in [-0.25, -0.2) is 0 Å². The third-order valence-electron chi connectivity index (χ3n) is 6.26. The largest absolute Gasteiger partial charge is 0.485 e. The maximum absolute atomic E-state index is 12.6. The van der Waals surface area contributed by atoms with Gasteiger partial charge >= 0.3 is 0 Å². The molecule has 0 saturated carbocycles. The molecule has 1 amide bonds. The summed E-state index contributed by atoms with van der Waals surface area (Å²) >= 11 is 0. The summed E-state index contributed by atoms with van der Waals surface area (Å²) in [5.74, 6) is 1.15. The quantitative estimate of drug-likeness (QED) is 0.224. The van der Waals surface area contributed by atoms with E-state index in [4.69, 9.17) is 9.47 Å². The van der Waals surface area contributed by atoms with Crippen LogP contribution >= 0.6 is 0 Å². The summed E-state index contributed by atoms with van der Waals surface area (Å²) in [5, 5.41) is 16.8. The number of nitrogens with one attached hydrogen (secondary N) is 2. The van der Waals surface area contributed by atoms with Crippen molar-refractivity contribution < 1.29 is 14.3 Å². The van der Waals surface area contributed by atoms with Gasteiger partial charge in [-0.05, 0) is 42.2 Å². The molecule has 0 saturated heterocycles. The van der Waals surface area contributed by atoms with Gasteiger partial charge in [0.05, 0.1) is 5.69 Å². The second-order valence-corrected chi connectivity index (χ2v) is 9.11. The lowest BCUT2D eigenvalue weighted by molar-refractivity contribution is -0.111. The Kier molecular flexibility index (Phi) is 9.47. The van der Waals surface area contributed by atoms with E-state index >= 15 is 0 Å². The first-order valence-electron chi connectivity index (χ1n) is 13.0. The molecule has 1 unspecified atom stereocenters. The second kappa shape index (κ2) is 13.4. The number of H-pyrrole nitrogens is 1. The number of nitrogens with zero attached hydrogens (tertiary/aromatic N) is 3. The van der Waals surface area contributed by atoms with E-state index in [1.807, 2.05) is 6.08 Å². The molecule has 190 valence electrons. The minimum Gasteiger partial charge on any atom is -0.485 e. The van der Waals surface area contributed by atoms with Gasteiger partial charge in [0.15, 0.2) is 17.6 Å². The van der Waals surface area contributed by atoms with Crippen LogP contribution in [0.4, 0.5) is 5.69 Å². The molecule has 1 aromatic heterocycles. The summed E-state index contributed by atoms with van der Waals surface area (Å²) in [6.45, 7) is 2.52. The number of fused-ring (bicyclic) bond motifs is 1. The van der Waals surface area contributed by atoms with E-state index < -0.39 is 6.10 Å². The molecule has 0 spiro atoms. The molecule has 0 aliphatic carbocycles. The van der Waals surface area contributed by atoms with Gasteiger partial charge in [-0.3, -0.25) is 4.79 Å².